The summed E-state index contributed by atoms with van der Waals surface area (Å²) in [5.74, 6) is 1.58. The van der Waals surface area contributed by atoms with Crippen LogP contribution in [0.2, 0.25) is 5.02 Å². The van der Waals surface area contributed by atoms with Crippen molar-refractivity contribution in [3.8, 4) is 11.3 Å². The number of hydrogen-bond acceptors (Lipinski definition) is 6. The minimum atomic E-state index is -0.250. The molecule has 8 heteroatoms. The molecule has 3 unspecified atom stereocenters. The van der Waals surface area contributed by atoms with Crippen LogP contribution in [-0.2, 0) is 11.3 Å². The van der Waals surface area contributed by atoms with E-state index in [0.29, 0.717) is 35.0 Å². The van der Waals surface area contributed by atoms with E-state index < -0.39 is 0 Å². The minimum absolute atomic E-state index is 0.185. The second-order valence-corrected chi connectivity index (χ2v) is 11.5. The van der Waals surface area contributed by atoms with Gasteiger partial charge in [0.05, 0.1) is 22.4 Å². The summed E-state index contributed by atoms with van der Waals surface area (Å²) < 4.78 is 27.5. The van der Waals surface area contributed by atoms with Crippen molar-refractivity contribution in [1.29, 1.82) is 0 Å². The predicted octanol–water partition coefficient (Wildman–Crippen LogP) is 7.11. The Hall–Kier alpha value is -2.48. The van der Waals surface area contributed by atoms with Gasteiger partial charge in [-0.3, -0.25) is 0 Å². The molecule has 0 spiro atoms. The molecule has 7 rings (SSSR count). The normalized spacial score (nSPS) is 23.6. The van der Waals surface area contributed by atoms with E-state index in [9.17, 15) is 4.39 Å². The molecule has 180 valence electrons. The fourth-order valence-corrected chi connectivity index (χ4v) is 7.19. The first-order valence-electron chi connectivity index (χ1n) is 12.2. The second kappa shape index (κ2) is 8.29. The van der Waals surface area contributed by atoms with Gasteiger partial charge in [0.2, 0.25) is 0 Å². The number of benzene rings is 2. The van der Waals surface area contributed by atoms with E-state index in [0.717, 1.165) is 70.2 Å². The van der Waals surface area contributed by atoms with Crippen LogP contribution in [0.1, 0.15) is 48.5 Å². The van der Waals surface area contributed by atoms with Gasteiger partial charge in [0.25, 0.3) is 0 Å². The summed E-state index contributed by atoms with van der Waals surface area (Å²) in [6.07, 6.45) is 4.49. The van der Waals surface area contributed by atoms with Crippen molar-refractivity contribution >= 4 is 38.3 Å². The lowest BCUT2D eigenvalue weighted by molar-refractivity contribution is 0.0122. The van der Waals surface area contributed by atoms with E-state index in [1.54, 1.807) is 17.4 Å². The van der Waals surface area contributed by atoms with Crippen LogP contribution >= 0.6 is 22.9 Å². The van der Waals surface area contributed by atoms with Gasteiger partial charge >= 0.3 is 0 Å². The Balaban J connectivity index is 1.10. The molecule has 2 aromatic carbocycles. The maximum Gasteiger partial charge on any atom is 0.186 e. The Kier molecular flexibility index (Phi) is 5.16. The molecule has 2 aromatic heterocycles. The van der Waals surface area contributed by atoms with E-state index in [4.69, 9.17) is 20.9 Å². The third-order valence-electron chi connectivity index (χ3n) is 7.75. The lowest BCUT2D eigenvalue weighted by Crippen LogP contribution is -2.38. The molecule has 1 saturated heterocycles. The summed E-state index contributed by atoms with van der Waals surface area (Å²) in [6.45, 7) is 3.43. The fraction of sp³-hybridized carbons (Fsp3) is 0.407. The van der Waals surface area contributed by atoms with Crippen LogP contribution < -0.4 is 4.90 Å². The number of hydrogen-bond donors (Lipinski definition) is 0. The second-order valence-electron chi connectivity index (χ2n) is 10.1. The smallest absolute Gasteiger partial charge is 0.186 e. The third-order valence-corrected chi connectivity index (χ3v) is 9.12. The highest BCUT2D eigenvalue weighted by Gasteiger charge is 2.46. The number of nitrogens with zero attached hydrogens (tertiary/aromatic N) is 3. The number of thiazole rings is 1. The maximum absolute atomic E-state index is 14.2. The number of para-hydroxylation sites is 1. The van der Waals surface area contributed by atoms with Crippen LogP contribution in [0.4, 0.5) is 9.52 Å². The fourth-order valence-electron chi connectivity index (χ4n) is 5.82. The zero-order valence-electron chi connectivity index (χ0n) is 19.3. The van der Waals surface area contributed by atoms with E-state index in [2.05, 4.69) is 28.0 Å². The van der Waals surface area contributed by atoms with Gasteiger partial charge < -0.3 is 14.2 Å². The summed E-state index contributed by atoms with van der Waals surface area (Å²) in [5, 5.41) is 6.06. The van der Waals surface area contributed by atoms with Crippen molar-refractivity contribution in [3.63, 3.8) is 0 Å². The summed E-state index contributed by atoms with van der Waals surface area (Å²) in [7, 11) is 0. The topological polar surface area (TPSA) is 51.4 Å². The first-order chi connectivity index (χ1) is 17.1. The van der Waals surface area contributed by atoms with Crippen LogP contribution in [0.3, 0.4) is 0 Å². The number of anilines is 1. The molecule has 3 fully saturated rings. The highest BCUT2D eigenvalue weighted by Crippen LogP contribution is 2.47. The number of piperidine rings is 1. The standard InChI is InChI=1S/C27H25ClFN3O2S/c1-14-4-2-5-19(28)23(14)24-18(26(34-31-24)15-8-9-15)13-33-21-11-17-10-16(21)12-32(17)27-30-25-20(29)6-3-7-22(25)35-27/h2-7,15-17,21H,8-13H2,1H3. The number of ether oxygens (including phenoxy) is 1. The van der Waals surface area contributed by atoms with E-state index in [1.807, 2.05) is 18.2 Å². The molecule has 0 radical (unpaired) electrons. The van der Waals surface area contributed by atoms with E-state index in [1.165, 1.54) is 6.07 Å². The number of rotatable bonds is 6. The number of halogens is 2. The van der Waals surface area contributed by atoms with Gasteiger partial charge in [-0.1, -0.05) is 46.3 Å². The molecule has 2 bridgehead atoms. The molecule has 3 aliphatic rings. The molecule has 2 aliphatic carbocycles. The van der Waals surface area contributed by atoms with Crippen LogP contribution in [0, 0.1) is 18.7 Å². The van der Waals surface area contributed by atoms with Crippen LogP contribution in [0.15, 0.2) is 40.9 Å². The molecule has 5 nitrogen and oxygen atoms in total. The van der Waals surface area contributed by atoms with E-state index in [-0.39, 0.29) is 11.9 Å². The van der Waals surface area contributed by atoms with Gasteiger partial charge in [0.1, 0.15) is 22.8 Å². The number of aromatic nitrogens is 2. The predicted molar refractivity (Wildman–Crippen MR) is 136 cm³/mol. The largest absolute Gasteiger partial charge is 0.373 e. The van der Waals surface area contributed by atoms with Crippen LogP contribution in [0.5, 0.6) is 0 Å². The summed E-state index contributed by atoms with van der Waals surface area (Å²) in [5.41, 5.74) is 4.36. The Morgan fingerprint density at radius 3 is 2.80 bits per heavy atom. The highest BCUT2D eigenvalue weighted by molar-refractivity contribution is 7.22. The maximum atomic E-state index is 14.2. The molecule has 3 heterocycles. The van der Waals surface area contributed by atoms with Crippen molar-refractivity contribution in [3.05, 3.63) is 64.1 Å². The molecule has 35 heavy (non-hydrogen) atoms. The van der Waals surface area contributed by atoms with Crippen molar-refractivity contribution < 1.29 is 13.7 Å². The van der Waals surface area contributed by atoms with E-state index >= 15 is 0 Å². The third kappa shape index (κ3) is 3.67. The molecule has 4 aromatic rings. The summed E-state index contributed by atoms with van der Waals surface area (Å²) in [4.78, 5) is 6.97. The van der Waals surface area contributed by atoms with Gasteiger partial charge in [-0.2, -0.15) is 0 Å². The Labute approximate surface area is 211 Å². The zero-order valence-corrected chi connectivity index (χ0v) is 20.9. The molecule has 1 aliphatic heterocycles. The van der Waals surface area contributed by atoms with Crippen molar-refractivity contribution in [2.75, 3.05) is 11.4 Å². The first-order valence-corrected chi connectivity index (χ1v) is 13.4. The average molecular weight is 510 g/mol. The van der Waals surface area contributed by atoms with Gasteiger partial charge in [0, 0.05) is 35.5 Å². The van der Waals surface area contributed by atoms with Gasteiger partial charge in [-0.15, -0.1) is 0 Å². The molecule has 0 N–H and O–H groups in total. The number of aryl methyl sites for hydroxylation is 1. The molecular formula is C27H25ClFN3O2S. The minimum Gasteiger partial charge on any atom is -0.373 e. The Morgan fingerprint density at radius 2 is 2.06 bits per heavy atom. The van der Waals surface area contributed by atoms with Crippen molar-refractivity contribution in [2.45, 2.75) is 57.3 Å². The number of fused-ring (bicyclic) bond motifs is 3. The Morgan fingerprint density at radius 1 is 1.20 bits per heavy atom. The lowest BCUT2D eigenvalue weighted by atomic mass is 10.00. The van der Waals surface area contributed by atoms with Gasteiger partial charge in [-0.05, 0) is 56.4 Å². The summed E-state index contributed by atoms with van der Waals surface area (Å²) >= 11 is 8.15. The Bertz CT molecular complexity index is 1410. The van der Waals surface area contributed by atoms with Gasteiger partial charge in [0.15, 0.2) is 5.13 Å². The quantitative estimate of drug-likeness (QED) is 0.277. The van der Waals surface area contributed by atoms with Crippen molar-refractivity contribution in [1.82, 2.24) is 10.1 Å². The molecular weight excluding hydrogens is 485 g/mol. The monoisotopic (exact) mass is 509 g/mol. The average Bonchev–Trinajstić information content (AvgIpc) is 3.18. The lowest BCUT2D eigenvalue weighted by Gasteiger charge is -2.31. The first kappa shape index (κ1) is 21.8. The van der Waals surface area contributed by atoms with Crippen LogP contribution in [0.25, 0.3) is 21.5 Å². The zero-order chi connectivity index (χ0) is 23.7. The SMILES string of the molecule is Cc1cccc(Cl)c1-c1noc(C2CC2)c1COC1CC2CC1CN2c1nc2c(F)cccc2s1. The molecule has 3 atom stereocenters. The highest BCUT2D eigenvalue weighted by atomic mass is 35.5. The molecule has 2 saturated carbocycles. The van der Waals surface area contributed by atoms with Gasteiger partial charge in [-0.25, -0.2) is 9.37 Å². The van der Waals surface area contributed by atoms with Crippen molar-refractivity contribution in [2.24, 2.45) is 5.92 Å². The van der Waals surface area contributed by atoms with Crippen LogP contribution in [-0.4, -0.2) is 28.8 Å². The molecule has 0 amide bonds. The summed E-state index contributed by atoms with van der Waals surface area (Å²) in [6, 6.07) is 11.5.